The molecule has 0 saturated heterocycles. The number of phenolic OH excluding ortho intramolecular Hbond substituents is 1. The molecule has 0 spiro atoms. The van der Waals surface area contributed by atoms with Gasteiger partial charge in [0.15, 0.2) is 9.84 Å². The zero-order chi connectivity index (χ0) is 21.7. The monoisotopic (exact) mass is 431 g/mol. The molecule has 30 heavy (non-hydrogen) atoms. The standard InChI is InChI=1S/C21H25N3O5S/c1-14(10-11-30(2,27)28)23-20(26)18-13-22-19(15-6-3-4-7-15)24-21(18)29-17-9-5-8-16(25)12-17/h5,8-15,25H,3-4,6-7H2,1-2H3,(H,23,26). The van der Waals surface area contributed by atoms with Gasteiger partial charge in [-0.15, -0.1) is 0 Å². The van der Waals surface area contributed by atoms with Gasteiger partial charge in [-0.05, 0) is 31.9 Å². The minimum atomic E-state index is -3.29. The quantitative estimate of drug-likeness (QED) is 0.690. The van der Waals surface area contributed by atoms with Gasteiger partial charge in [-0.3, -0.25) is 4.79 Å². The summed E-state index contributed by atoms with van der Waals surface area (Å²) in [5, 5.41) is 13.4. The zero-order valence-corrected chi connectivity index (χ0v) is 17.7. The molecule has 3 rings (SSSR count). The molecule has 0 bridgehead atoms. The third kappa shape index (κ3) is 6.03. The molecule has 1 heterocycles. The Kier molecular flexibility index (Phi) is 6.71. The summed E-state index contributed by atoms with van der Waals surface area (Å²) in [7, 11) is -3.29. The lowest BCUT2D eigenvalue weighted by atomic mass is 10.1. The van der Waals surface area contributed by atoms with Crippen molar-refractivity contribution in [1.29, 1.82) is 0 Å². The van der Waals surface area contributed by atoms with Gasteiger partial charge in [0, 0.05) is 35.9 Å². The van der Waals surface area contributed by atoms with Crippen molar-refractivity contribution in [2.24, 2.45) is 0 Å². The van der Waals surface area contributed by atoms with Gasteiger partial charge in [0.2, 0.25) is 5.88 Å². The molecule has 1 fully saturated rings. The molecule has 1 aliphatic carbocycles. The van der Waals surface area contributed by atoms with Crippen LogP contribution in [0.3, 0.4) is 0 Å². The third-order valence-electron chi connectivity index (χ3n) is 4.74. The maximum Gasteiger partial charge on any atom is 0.258 e. The molecule has 2 aromatic rings. The fraction of sp³-hybridized carbons (Fsp3) is 0.381. The summed E-state index contributed by atoms with van der Waals surface area (Å²) in [5.74, 6) is 0.825. The molecule has 1 atom stereocenters. The van der Waals surface area contributed by atoms with Crippen LogP contribution in [0.25, 0.3) is 0 Å². The van der Waals surface area contributed by atoms with Crippen molar-refractivity contribution in [3.05, 3.63) is 53.3 Å². The Morgan fingerprint density at radius 3 is 2.73 bits per heavy atom. The Balaban J connectivity index is 1.87. The summed E-state index contributed by atoms with van der Waals surface area (Å²) in [4.78, 5) is 21.7. The highest BCUT2D eigenvalue weighted by atomic mass is 32.2. The highest BCUT2D eigenvalue weighted by molar-refractivity contribution is 7.93. The molecule has 1 unspecified atom stereocenters. The number of carbonyl (C=O) groups excluding carboxylic acids is 1. The molecule has 8 nitrogen and oxygen atoms in total. The van der Waals surface area contributed by atoms with Crippen molar-refractivity contribution in [3.8, 4) is 17.4 Å². The van der Waals surface area contributed by atoms with Crippen LogP contribution in [-0.4, -0.2) is 41.7 Å². The van der Waals surface area contributed by atoms with E-state index in [-0.39, 0.29) is 23.1 Å². The molecular formula is C21H25N3O5S. The van der Waals surface area contributed by atoms with Crippen LogP contribution in [0, 0.1) is 0 Å². The third-order valence-corrected chi connectivity index (χ3v) is 5.39. The number of nitrogens with zero attached hydrogens (tertiary/aromatic N) is 2. The number of phenols is 1. The minimum Gasteiger partial charge on any atom is -0.508 e. The average molecular weight is 432 g/mol. The van der Waals surface area contributed by atoms with Gasteiger partial charge >= 0.3 is 0 Å². The number of carbonyl (C=O) groups is 1. The van der Waals surface area contributed by atoms with Crippen molar-refractivity contribution in [1.82, 2.24) is 15.3 Å². The van der Waals surface area contributed by atoms with Crippen LogP contribution in [0.4, 0.5) is 0 Å². The normalized spacial score (nSPS) is 15.9. The SMILES string of the molecule is CC(C=CS(C)(=O)=O)NC(=O)c1cnc(C2CCCC2)nc1Oc1cccc(O)c1. The fourth-order valence-corrected chi connectivity index (χ4v) is 3.77. The summed E-state index contributed by atoms with van der Waals surface area (Å²) in [6, 6.07) is 5.68. The van der Waals surface area contributed by atoms with Crippen LogP contribution in [-0.2, 0) is 9.84 Å². The summed E-state index contributed by atoms with van der Waals surface area (Å²) in [5.41, 5.74) is 0.125. The van der Waals surface area contributed by atoms with Gasteiger partial charge in [0.25, 0.3) is 5.91 Å². The van der Waals surface area contributed by atoms with Crippen LogP contribution in [0.2, 0.25) is 0 Å². The van der Waals surface area contributed by atoms with Crippen LogP contribution < -0.4 is 10.1 Å². The van der Waals surface area contributed by atoms with E-state index in [4.69, 9.17) is 4.74 Å². The van der Waals surface area contributed by atoms with E-state index < -0.39 is 21.8 Å². The van der Waals surface area contributed by atoms with Crippen molar-refractivity contribution >= 4 is 15.7 Å². The predicted molar refractivity (Wildman–Crippen MR) is 112 cm³/mol. The van der Waals surface area contributed by atoms with E-state index in [0.717, 1.165) is 37.3 Å². The second-order valence-electron chi connectivity index (χ2n) is 7.45. The lowest BCUT2D eigenvalue weighted by Gasteiger charge is -2.15. The van der Waals surface area contributed by atoms with Crippen LogP contribution in [0.1, 0.15) is 54.7 Å². The summed E-state index contributed by atoms with van der Waals surface area (Å²) in [6.45, 7) is 1.66. The first-order valence-corrected chi connectivity index (χ1v) is 11.7. The molecule has 1 aromatic carbocycles. The van der Waals surface area contributed by atoms with Crippen LogP contribution in [0.5, 0.6) is 17.4 Å². The Labute approximate surface area is 175 Å². The summed E-state index contributed by atoms with van der Waals surface area (Å²) in [6.07, 6.45) is 8.11. The van der Waals surface area contributed by atoms with Crippen molar-refractivity contribution < 1.29 is 23.1 Å². The largest absolute Gasteiger partial charge is 0.508 e. The highest BCUT2D eigenvalue weighted by Crippen LogP contribution is 2.34. The van der Waals surface area contributed by atoms with Gasteiger partial charge in [-0.1, -0.05) is 25.0 Å². The lowest BCUT2D eigenvalue weighted by Crippen LogP contribution is -2.31. The van der Waals surface area contributed by atoms with Crippen LogP contribution in [0.15, 0.2) is 41.9 Å². The van der Waals surface area contributed by atoms with Crippen LogP contribution >= 0.6 is 0 Å². The number of amides is 1. The van der Waals surface area contributed by atoms with Crippen molar-refractivity contribution in [3.63, 3.8) is 0 Å². The first-order valence-electron chi connectivity index (χ1n) is 9.74. The first kappa shape index (κ1) is 21.8. The zero-order valence-electron chi connectivity index (χ0n) is 16.9. The fourth-order valence-electron chi connectivity index (χ4n) is 3.25. The number of aromatic hydroxyl groups is 1. The molecule has 1 aliphatic rings. The number of aromatic nitrogens is 2. The molecule has 0 radical (unpaired) electrons. The van der Waals surface area contributed by atoms with E-state index >= 15 is 0 Å². The molecule has 160 valence electrons. The van der Waals surface area contributed by atoms with Crippen molar-refractivity contribution in [2.45, 2.75) is 44.6 Å². The van der Waals surface area contributed by atoms with Crippen molar-refractivity contribution in [2.75, 3.05) is 6.26 Å². The van der Waals surface area contributed by atoms with Gasteiger partial charge in [-0.2, -0.15) is 4.98 Å². The first-order chi connectivity index (χ1) is 14.2. The topological polar surface area (TPSA) is 118 Å². The molecule has 1 amide bonds. The van der Waals surface area contributed by atoms with E-state index in [1.54, 1.807) is 19.1 Å². The number of rotatable bonds is 7. The molecule has 9 heteroatoms. The van der Waals surface area contributed by atoms with E-state index in [2.05, 4.69) is 15.3 Å². The second-order valence-corrected chi connectivity index (χ2v) is 9.38. The number of ether oxygens (including phenoxy) is 1. The molecule has 1 aromatic heterocycles. The van der Waals surface area contributed by atoms with Gasteiger partial charge in [0.1, 0.15) is 22.9 Å². The lowest BCUT2D eigenvalue weighted by molar-refractivity contribution is 0.0943. The molecule has 0 aliphatic heterocycles. The Hall–Kier alpha value is -2.94. The van der Waals surface area contributed by atoms with E-state index in [0.29, 0.717) is 11.6 Å². The number of benzene rings is 1. The van der Waals surface area contributed by atoms with E-state index in [1.807, 2.05) is 0 Å². The van der Waals surface area contributed by atoms with Gasteiger partial charge in [0.05, 0.1) is 0 Å². The second kappa shape index (κ2) is 9.25. The predicted octanol–water partition coefficient (Wildman–Crippen LogP) is 3.31. The number of hydrogen-bond acceptors (Lipinski definition) is 7. The number of nitrogens with one attached hydrogen (secondary N) is 1. The smallest absolute Gasteiger partial charge is 0.258 e. The molecular weight excluding hydrogens is 406 g/mol. The summed E-state index contributed by atoms with van der Waals surface area (Å²) < 4.78 is 28.4. The van der Waals surface area contributed by atoms with Gasteiger partial charge < -0.3 is 15.2 Å². The average Bonchev–Trinajstić information content (AvgIpc) is 3.20. The van der Waals surface area contributed by atoms with E-state index in [9.17, 15) is 18.3 Å². The maximum atomic E-state index is 12.8. The summed E-state index contributed by atoms with van der Waals surface area (Å²) >= 11 is 0. The number of sulfone groups is 1. The Morgan fingerprint density at radius 1 is 1.33 bits per heavy atom. The minimum absolute atomic E-state index is 0.0307. The highest BCUT2D eigenvalue weighted by Gasteiger charge is 2.24. The molecule has 1 saturated carbocycles. The number of hydrogen-bond donors (Lipinski definition) is 2. The Bertz CT molecular complexity index is 1050. The van der Waals surface area contributed by atoms with E-state index in [1.165, 1.54) is 24.4 Å². The molecule has 2 N–H and O–H groups in total. The maximum absolute atomic E-state index is 12.8. The van der Waals surface area contributed by atoms with Gasteiger partial charge in [-0.25, -0.2) is 13.4 Å². The Morgan fingerprint density at radius 2 is 2.07 bits per heavy atom.